The summed E-state index contributed by atoms with van der Waals surface area (Å²) in [6.45, 7) is 4.23. The van der Waals surface area contributed by atoms with Crippen LogP contribution in [0.5, 0.6) is 0 Å². The zero-order valence-electron chi connectivity index (χ0n) is 11.6. The van der Waals surface area contributed by atoms with Crippen molar-refractivity contribution in [2.45, 2.75) is 0 Å². The van der Waals surface area contributed by atoms with Crippen LogP contribution in [-0.4, -0.2) is 12.3 Å². The fourth-order valence-electron chi connectivity index (χ4n) is 1.87. The van der Waals surface area contributed by atoms with Gasteiger partial charge in [0.15, 0.2) is 5.78 Å². The van der Waals surface area contributed by atoms with Crippen molar-refractivity contribution in [3.05, 3.63) is 84.2 Å². The SMILES string of the molecule is C=CCNc1ccccc1C(=O)/C=C/c1ccc(F)cc1. The highest BCUT2D eigenvalue weighted by Crippen LogP contribution is 2.16. The van der Waals surface area contributed by atoms with Crippen LogP contribution >= 0.6 is 0 Å². The molecule has 2 rings (SSSR count). The highest BCUT2D eigenvalue weighted by atomic mass is 19.1. The Kier molecular flexibility index (Phi) is 5.04. The first-order chi connectivity index (χ1) is 10.2. The molecule has 0 radical (unpaired) electrons. The molecule has 0 heterocycles. The molecule has 106 valence electrons. The number of halogens is 1. The van der Waals surface area contributed by atoms with Crippen LogP contribution in [0.4, 0.5) is 10.1 Å². The van der Waals surface area contributed by atoms with Crippen molar-refractivity contribution in [3.63, 3.8) is 0 Å². The van der Waals surface area contributed by atoms with Crippen LogP contribution in [0.3, 0.4) is 0 Å². The Balaban J connectivity index is 2.16. The molecule has 0 atom stereocenters. The lowest BCUT2D eigenvalue weighted by atomic mass is 10.1. The van der Waals surface area contributed by atoms with Gasteiger partial charge >= 0.3 is 0 Å². The van der Waals surface area contributed by atoms with Crippen LogP contribution in [-0.2, 0) is 0 Å². The molecule has 0 saturated heterocycles. The monoisotopic (exact) mass is 281 g/mol. The lowest BCUT2D eigenvalue weighted by molar-refractivity contribution is 0.104. The number of anilines is 1. The van der Waals surface area contributed by atoms with E-state index >= 15 is 0 Å². The first-order valence-corrected chi connectivity index (χ1v) is 6.62. The number of rotatable bonds is 6. The summed E-state index contributed by atoms with van der Waals surface area (Å²) in [5.74, 6) is -0.399. The van der Waals surface area contributed by atoms with Crippen molar-refractivity contribution in [1.29, 1.82) is 0 Å². The van der Waals surface area contributed by atoms with Crippen molar-refractivity contribution in [1.82, 2.24) is 0 Å². The van der Waals surface area contributed by atoms with Gasteiger partial charge in [0.05, 0.1) is 0 Å². The Labute approximate surface area is 123 Å². The highest BCUT2D eigenvalue weighted by molar-refractivity contribution is 6.10. The average Bonchev–Trinajstić information content (AvgIpc) is 2.52. The van der Waals surface area contributed by atoms with E-state index in [2.05, 4.69) is 11.9 Å². The summed E-state index contributed by atoms with van der Waals surface area (Å²) < 4.78 is 12.8. The summed E-state index contributed by atoms with van der Waals surface area (Å²) in [4.78, 5) is 12.2. The Morgan fingerprint density at radius 3 is 2.57 bits per heavy atom. The van der Waals surface area contributed by atoms with Crippen molar-refractivity contribution in [2.75, 3.05) is 11.9 Å². The van der Waals surface area contributed by atoms with Gasteiger partial charge in [-0.15, -0.1) is 6.58 Å². The van der Waals surface area contributed by atoms with Crippen molar-refractivity contribution in [2.24, 2.45) is 0 Å². The van der Waals surface area contributed by atoms with Gasteiger partial charge in [-0.1, -0.05) is 36.4 Å². The zero-order chi connectivity index (χ0) is 15.1. The van der Waals surface area contributed by atoms with Crippen LogP contribution in [0.1, 0.15) is 15.9 Å². The Morgan fingerprint density at radius 2 is 1.86 bits per heavy atom. The molecule has 2 aromatic rings. The maximum Gasteiger partial charge on any atom is 0.187 e. The molecule has 2 aromatic carbocycles. The zero-order valence-corrected chi connectivity index (χ0v) is 11.6. The fourth-order valence-corrected chi connectivity index (χ4v) is 1.87. The smallest absolute Gasteiger partial charge is 0.187 e. The molecule has 0 bridgehead atoms. The van der Waals surface area contributed by atoms with Gasteiger partial charge < -0.3 is 5.32 Å². The number of benzene rings is 2. The normalized spacial score (nSPS) is 10.5. The minimum atomic E-state index is -0.294. The maximum absolute atomic E-state index is 12.8. The molecule has 0 aliphatic carbocycles. The lowest BCUT2D eigenvalue weighted by Gasteiger charge is -2.07. The summed E-state index contributed by atoms with van der Waals surface area (Å²) in [5.41, 5.74) is 2.14. The quantitative estimate of drug-likeness (QED) is 0.485. The van der Waals surface area contributed by atoms with Crippen LogP contribution < -0.4 is 5.32 Å². The second kappa shape index (κ2) is 7.20. The maximum atomic E-state index is 12.8. The van der Waals surface area contributed by atoms with Gasteiger partial charge in [-0.3, -0.25) is 4.79 Å². The third-order valence-corrected chi connectivity index (χ3v) is 2.93. The molecule has 0 aliphatic rings. The molecular formula is C18H16FNO. The van der Waals surface area contributed by atoms with Gasteiger partial charge in [0.25, 0.3) is 0 Å². The van der Waals surface area contributed by atoms with Gasteiger partial charge in [0, 0.05) is 17.8 Å². The molecule has 0 unspecified atom stereocenters. The van der Waals surface area contributed by atoms with E-state index in [9.17, 15) is 9.18 Å². The summed E-state index contributed by atoms with van der Waals surface area (Å²) in [6, 6.07) is 13.3. The van der Waals surface area contributed by atoms with E-state index in [1.165, 1.54) is 18.2 Å². The van der Waals surface area contributed by atoms with Crippen LogP contribution in [0.15, 0.2) is 67.3 Å². The van der Waals surface area contributed by atoms with Crippen LogP contribution in [0, 0.1) is 5.82 Å². The van der Waals surface area contributed by atoms with E-state index in [-0.39, 0.29) is 11.6 Å². The molecular weight excluding hydrogens is 265 g/mol. The average molecular weight is 281 g/mol. The minimum absolute atomic E-state index is 0.105. The molecule has 0 amide bonds. The molecule has 0 aliphatic heterocycles. The highest BCUT2D eigenvalue weighted by Gasteiger charge is 2.07. The third kappa shape index (κ3) is 4.14. The van der Waals surface area contributed by atoms with Gasteiger partial charge in [0.1, 0.15) is 5.82 Å². The van der Waals surface area contributed by atoms with E-state index in [1.54, 1.807) is 30.4 Å². The van der Waals surface area contributed by atoms with Gasteiger partial charge in [-0.2, -0.15) is 0 Å². The molecule has 0 aromatic heterocycles. The van der Waals surface area contributed by atoms with E-state index in [1.807, 2.05) is 18.2 Å². The van der Waals surface area contributed by atoms with Gasteiger partial charge in [0.2, 0.25) is 0 Å². The van der Waals surface area contributed by atoms with E-state index < -0.39 is 0 Å². The summed E-state index contributed by atoms with van der Waals surface area (Å²) in [7, 11) is 0. The number of nitrogens with one attached hydrogen (secondary N) is 1. The second-order valence-corrected chi connectivity index (χ2v) is 4.46. The Bertz CT molecular complexity index is 659. The molecule has 2 nitrogen and oxygen atoms in total. The topological polar surface area (TPSA) is 29.1 Å². The molecule has 1 N–H and O–H groups in total. The van der Waals surface area contributed by atoms with Crippen LogP contribution in [0.25, 0.3) is 6.08 Å². The fraction of sp³-hybridized carbons (Fsp3) is 0.0556. The standard InChI is InChI=1S/C18H16FNO/c1-2-13-20-17-6-4-3-5-16(17)18(21)12-9-14-7-10-15(19)11-8-14/h2-12,20H,1,13H2/b12-9+. The summed E-state index contributed by atoms with van der Waals surface area (Å²) >= 11 is 0. The van der Waals surface area contributed by atoms with Crippen molar-refractivity contribution in [3.8, 4) is 0 Å². The molecule has 0 fully saturated rings. The van der Waals surface area contributed by atoms with E-state index in [4.69, 9.17) is 0 Å². The number of carbonyl (C=O) groups excluding carboxylic acids is 1. The predicted molar refractivity (Wildman–Crippen MR) is 84.9 cm³/mol. The van der Waals surface area contributed by atoms with E-state index in [0.717, 1.165) is 11.3 Å². The van der Waals surface area contributed by atoms with Gasteiger partial charge in [-0.25, -0.2) is 4.39 Å². The molecule has 21 heavy (non-hydrogen) atoms. The predicted octanol–water partition coefficient (Wildman–Crippen LogP) is 4.32. The Hall–Kier alpha value is -2.68. The summed E-state index contributed by atoms with van der Waals surface area (Å²) in [5, 5.41) is 3.13. The largest absolute Gasteiger partial charge is 0.381 e. The number of hydrogen-bond acceptors (Lipinski definition) is 2. The molecule has 0 spiro atoms. The lowest BCUT2D eigenvalue weighted by Crippen LogP contribution is -2.04. The van der Waals surface area contributed by atoms with Crippen molar-refractivity contribution >= 4 is 17.5 Å². The molecule has 3 heteroatoms. The first-order valence-electron chi connectivity index (χ1n) is 6.62. The van der Waals surface area contributed by atoms with Crippen LogP contribution in [0.2, 0.25) is 0 Å². The van der Waals surface area contributed by atoms with Crippen molar-refractivity contribution < 1.29 is 9.18 Å². The minimum Gasteiger partial charge on any atom is -0.381 e. The second-order valence-electron chi connectivity index (χ2n) is 4.46. The van der Waals surface area contributed by atoms with E-state index in [0.29, 0.717) is 12.1 Å². The number of carbonyl (C=O) groups is 1. The number of ketones is 1. The number of para-hydroxylation sites is 1. The van der Waals surface area contributed by atoms with Gasteiger partial charge in [-0.05, 0) is 35.9 Å². The Morgan fingerprint density at radius 1 is 1.14 bits per heavy atom. The molecule has 0 saturated carbocycles. The number of hydrogen-bond donors (Lipinski definition) is 1. The third-order valence-electron chi connectivity index (χ3n) is 2.93. The number of allylic oxidation sites excluding steroid dienone is 1. The summed E-state index contributed by atoms with van der Waals surface area (Å²) in [6.07, 6.45) is 4.89. The first kappa shape index (κ1) is 14.7.